The van der Waals surface area contributed by atoms with Gasteiger partial charge in [-0.3, -0.25) is 9.48 Å². The van der Waals surface area contributed by atoms with Crippen LogP contribution in [0.2, 0.25) is 0 Å². The van der Waals surface area contributed by atoms with Gasteiger partial charge in [-0.05, 0) is 16.7 Å². The lowest BCUT2D eigenvalue weighted by molar-refractivity contribution is -0.136. The first-order valence-corrected chi connectivity index (χ1v) is 7.08. The van der Waals surface area contributed by atoms with Crippen LogP contribution in [0.25, 0.3) is 11.1 Å². The molecule has 1 aromatic heterocycles. The van der Waals surface area contributed by atoms with Crippen LogP contribution in [0.4, 0.5) is 0 Å². The first-order valence-electron chi connectivity index (χ1n) is 7.08. The Morgan fingerprint density at radius 1 is 0.955 bits per heavy atom. The lowest BCUT2D eigenvalue weighted by Gasteiger charge is -2.02. The highest BCUT2D eigenvalue weighted by molar-refractivity contribution is 5.71. The number of hydrogen-bond acceptors (Lipinski definition) is 2. The summed E-state index contributed by atoms with van der Waals surface area (Å²) in [5, 5.41) is 13.2. The third kappa shape index (κ3) is 3.41. The molecule has 0 atom stereocenters. The summed E-state index contributed by atoms with van der Waals surface area (Å²) in [6.07, 6.45) is 3.88. The molecule has 0 saturated heterocycles. The molecule has 0 aliphatic heterocycles. The van der Waals surface area contributed by atoms with Crippen molar-refractivity contribution < 1.29 is 9.90 Å². The summed E-state index contributed by atoms with van der Waals surface area (Å²) >= 11 is 0. The highest BCUT2D eigenvalue weighted by Gasteiger charge is 2.04. The van der Waals surface area contributed by atoms with Crippen molar-refractivity contribution in [2.75, 3.05) is 0 Å². The van der Waals surface area contributed by atoms with Crippen LogP contribution in [0, 0.1) is 0 Å². The second-order valence-electron chi connectivity index (χ2n) is 5.18. The maximum Gasteiger partial charge on any atom is 0.307 e. The molecule has 0 bridgehead atoms. The summed E-state index contributed by atoms with van der Waals surface area (Å²) in [7, 11) is 0. The van der Waals surface area contributed by atoms with Crippen molar-refractivity contribution >= 4 is 5.97 Å². The number of hydrogen-bond donors (Lipinski definition) is 1. The molecule has 0 aliphatic carbocycles. The first-order chi connectivity index (χ1) is 10.7. The number of carbonyl (C=O) groups is 1. The number of nitrogens with zero attached hydrogens (tertiary/aromatic N) is 2. The number of aromatic nitrogens is 2. The van der Waals surface area contributed by atoms with Crippen molar-refractivity contribution in [2.24, 2.45) is 0 Å². The number of carboxylic acids is 1. The van der Waals surface area contributed by atoms with Crippen molar-refractivity contribution in [1.82, 2.24) is 9.78 Å². The molecule has 22 heavy (non-hydrogen) atoms. The summed E-state index contributed by atoms with van der Waals surface area (Å²) in [6, 6.07) is 17.7. The van der Waals surface area contributed by atoms with Crippen LogP contribution in [-0.4, -0.2) is 20.9 Å². The summed E-state index contributed by atoms with van der Waals surface area (Å²) in [6.45, 7) is 0.734. The van der Waals surface area contributed by atoms with Crippen LogP contribution in [0.1, 0.15) is 11.1 Å². The van der Waals surface area contributed by atoms with Crippen LogP contribution < -0.4 is 0 Å². The van der Waals surface area contributed by atoms with Gasteiger partial charge in [0.15, 0.2) is 0 Å². The first kappa shape index (κ1) is 14.1. The minimum Gasteiger partial charge on any atom is -0.481 e. The van der Waals surface area contributed by atoms with Crippen LogP contribution >= 0.6 is 0 Å². The van der Waals surface area contributed by atoms with Crippen molar-refractivity contribution in [1.29, 1.82) is 0 Å². The monoisotopic (exact) mass is 292 g/mol. The normalized spacial score (nSPS) is 10.5. The SMILES string of the molecule is O=C(O)Cc1ccc(-c2cnn(Cc3ccccc3)c2)cc1. The topological polar surface area (TPSA) is 55.1 Å². The fourth-order valence-corrected chi connectivity index (χ4v) is 2.36. The Bertz CT molecular complexity index is 761. The van der Waals surface area contributed by atoms with Crippen molar-refractivity contribution in [2.45, 2.75) is 13.0 Å². The van der Waals surface area contributed by atoms with Crippen molar-refractivity contribution in [3.05, 3.63) is 78.1 Å². The van der Waals surface area contributed by atoms with E-state index in [9.17, 15) is 4.79 Å². The molecular weight excluding hydrogens is 276 g/mol. The molecule has 1 heterocycles. The number of rotatable bonds is 5. The number of benzene rings is 2. The van der Waals surface area contributed by atoms with E-state index in [1.54, 1.807) is 0 Å². The minimum absolute atomic E-state index is 0.0492. The molecular formula is C18H16N2O2. The minimum atomic E-state index is -0.816. The van der Waals surface area contributed by atoms with E-state index >= 15 is 0 Å². The summed E-state index contributed by atoms with van der Waals surface area (Å²) in [5.74, 6) is -0.816. The Hall–Kier alpha value is -2.88. The Kier molecular flexibility index (Phi) is 4.01. The zero-order valence-corrected chi connectivity index (χ0v) is 12.0. The van der Waals surface area contributed by atoms with E-state index in [-0.39, 0.29) is 6.42 Å². The predicted molar refractivity (Wildman–Crippen MR) is 84.5 cm³/mol. The molecule has 0 unspecified atom stereocenters. The summed E-state index contributed by atoms with van der Waals surface area (Å²) in [4.78, 5) is 10.7. The molecule has 0 amide bonds. The van der Waals surface area contributed by atoms with E-state index in [1.807, 2.05) is 59.5 Å². The number of carboxylic acid groups (broad SMARTS) is 1. The lowest BCUT2D eigenvalue weighted by atomic mass is 10.1. The molecule has 4 nitrogen and oxygen atoms in total. The fraction of sp³-hybridized carbons (Fsp3) is 0.111. The standard InChI is InChI=1S/C18H16N2O2/c21-18(22)10-14-6-8-16(9-7-14)17-11-19-20(13-17)12-15-4-2-1-3-5-15/h1-9,11,13H,10,12H2,(H,21,22). The molecule has 0 aliphatic rings. The predicted octanol–water partition coefficient (Wildman–Crippen LogP) is 3.23. The van der Waals surface area contributed by atoms with Gasteiger partial charge in [0.2, 0.25) is 0 Å². The third-order valence-corrected chi connectivity index (χ3v) is 3.46. The van der Waals surface area contributed by atoms with Gasteiger partial charge >= 0.3 is 5.97 Å². The zero-order valence-electron chi connectivity index (χ0n) is 12.0. The summed E-state index contributed by atoms with van der Waals surface area (Å²) < 4.78 is 1.90. The van der Waals surface area contributed by atoms with Crippen molar-refractivity contribution in [3.63, 3.8) is 0 Å². The van der Waals surface area contributed by atoms with Gasteiger partial charge in [0.1, 0.15) is 0 Å². The second kappa shape index (κ2) is 6.26. The Balaban J connectivity index is 1.74. The number of aliphatic carboxylic acids is 1. The van der Waals surface area contributed by atoms with Crippen LogP contribution in [-0.2, 0) is 17.8 Å². The average molecular weight is 292 g/mol. The average Bonchev–Trinajstić information content (AvgIpc) is 2.97. The quantitative estimate of drug-likeness (QED) is 0.785. The molecule has 0 radical (unpaired) electrons. The largest absolute Gasteiger partial charge is 0.481 e. The van der Waals surface area contributed by atoms with Crippen LogP contribution in [0.5, 0.6) is 0 Å². The van der Waals surface area contributed by atoms with Crippen molar-refractivity contribution in [3.8, 4) is 11.1 Å². The van der Waals surface area contributed by atoms with Gasteiger partial charge in [-0.15, -0.1) is 0 Å². The second-order valence-corrected chi connectivity index (χ2v) is 5.18. The van der Waals surface area contributed by atoms with Crippen LogP contribution in [0.3, 0.4) is 0 Å². The van der Waals surface area contributed by atoms with Gasteiger partial charge in [0.05, 0.1) is 19.2 Å². The molecule has 110 valence electrons. The van der Waals surface area contributed by atoms with E-state index in [2.05, 4.69) is 17.2 Å². The zero-order chi connectivity index (χ0) is 15.4. The molecule has 0 fully saturated rings. The molecule has 0 spiro atoms. The molecule has 2 aromatic carbocycles. The maximum absolute atomic E-state index is 10.7. The maximum atomic E-state index is 10.7. The van der Waals surface area contributed by atoms with Gasteiger partial charge in [-0.25, -0.2) is 0 Å². The molecule has 3 rings (SSSR count). The van der Waals surface area contributed by atoms with Gasteiger partial charge in [-0.2, -0.15) is 5.10 Å². The van der Waals surface area contributed by atoms with Gasteiger partial charge in [0.25, 0.3) is 0 Å². The Morgan fingerprint density at radius 3 is 2.36 bits per heavy atom. The lowest BCUT2D eigenvalue weighted by Crippen LogP contribution is -1.99. The molecule has 4 heteroatoms. The molecule has 0 saturated carbocycles. The summed E-state index contributed by atoms with van der Waals surface area (Å²) in [5.41, 5.74) is 4.06. The van der Waals surface area contributed by atoms with Crippen LogP contribution in [0.15, 0.2) is 67.0 Å². The Morgan fingerprint density at radius 2 is 1.68 bits per heavy atom. The van der Waals surface area contributed by atoms with E-state index < -0.39 is 5.97 Å². The van der Waals surface area contributed by atoms with E-state index in [0.29, 0.717) is 0 Å². The molecule has 1 N–H and O–H groups in total. The van der Waals surface area contributed by atoms with Gasteiger partial charge in [0, 0.05) is 11.8 Å². The highest BCUT2D eigenvalue weighted by Crippen LogP contribution is 2.19. The highest BCUT2D eigenvalue weighted by atomic mass is 16.4. The van der Waals surface area contributed by atoms with E-state index in [0.717, 1.165) is 23.2 Å². The third-order valence-electron chi connectivity index (χ3n) is 3.46. The van der Waals surface area contributed by atoms with Gasteiger partial charge < -0.3 is 5.11 Å². The smallest absolute Gasteiger partial charge is 0.307 e. The molecule has 3 aromatic rings. The fourth-order valence-electron chi connectivity index (χ4n) is 2.36. The van der Waals surface area contributed by atoms with E-state index in [4.69, 9.17) is 5.11 Å². The Labute approximate surface area is 128 Å². The van der Waals surface area contributed by atoms with E-state index in [1.165, 1.54) is 5.56 Å². The van der Waals surface area contributed by atoms with Gasteiger partial charge in [-0.1, -0.05) is 54.6 Å².